The lowest BCUT2D eigenvalue weighted by atomic mass is 10.2. The molecule has 2 aromatic heterocycles. The van der Waals surface area contributed by atoms with Gasteiger partial charge in [0.1, 0.15) is 5.75 Å². The smallest absolute Gasteiger partial charge is 0.417 e. The van der Waals surface area contributed by atoms with Crippen LogP contribution in [0.4, 0.5) is 19.1 Å². The standard InChI is InChI=1S/C17H14F3N5O/c1-11-10-25(16(21)24-11)23-8-12-2-5-14(6-3-12)26-15-7-4-13(9-22-15)17(18,19)20/h2-10H,1H3,(H2,21,24). The third kappa shape index (κ3) is 4.18. The number of anilines is 1. The van der Waals surface area contributed by atoms with E-state index < -0.39 is 11.7 Å². The van der Waals surface area contributed by atoms with Crippen LogP contribution < -0.4 is 10.5 Å². The Morgan fingerprint density at radius 1 is 1.15 bits per heavy atom. The minimum atomic E-state index is -4.43. The Kier molecular flexibility index (Phi) is 4.61. The zero-order valence-corrected chi connectivity index (χ0v) is 13.6. The van der Waals surface area contributed by atoms with Gasteiger partial charge in [-0.05, 0) is 42.8 Å². The molecule has 0 bridgehead atoms. The molecular weight excluding hydrogens is 347 g/mol. The fraction of sp³-hybridized carbons (Fsp3) is 0.118. The minimum Gasteiger partial charge on any atom is -0.439 e. The molecule has 0 unspecified atom stereocenters. The molecule has 0 saturated heterocycles. The van der Waals surface area contributed by atoms with Crippen LogP contribution in [0.3, 0.4) is 0 Å². The highest BCUT2D eigenvalue weighted by molar-refractivity contribution is 5.79. The van der Waals surface area contributed by atoms with Crippen molar-refractivity contribution in [3.05, 3.63) is 65.6 Å². The first-order chi connectivity index (χ1) is 12.3. The van der Waals surface area contributed by atoms with Crippen LogP contribution in [-0.2, 0) is 6.18 Å². The summed E-state index contributed by atoms with van der Waals surface area (Å²) in [6, 6.07) is 8.88. The first kappa shape index (κ1) is 17.5. The average molecular weight is 361 g/mol. The van der Waals surface area contributed by atoms with Crippen molar-refractivity contribution in [2.75, 3.05) is 5.73 Å². The Labute approximate surface area is 146 Å². The van der Waals surface area contributed by atoms with Crippen LogP contribution in [0.15, 0.2) is 53.9 Å². The molecular formula is C17H14F3N5O. The van der Waals surface area contributed by atoms with E-state index in [1.165, 1.54) is 10.7 Å². The van der Waals surface area contributed by atoms with Crippen LogP contribution in [0.25, 0.3) is 0 Å². The van der Waals surface area contributed by atoms with Gasteiger partial charge in [0.05, 0.1) is 23.7 Å². The number of pyridine rings is 1. The van der Waals surface area contributed by atoms with Gasteiger partial charge in [-0.3, -0.25) is 0 Å². The van der Waals surface area contributed by atoms with E-state index in [-0.39, 0.29) is 11.8 Å². The summed E-state index contributed by atoms with van der Waals surface area (Å²) < 4.78 is 44.4. The maximum absolute atomic E-state index is 12.5. The Bertz CT molecular complexity index is 915. The second-order valence-corrected chi connectivity index (χ2v) is 5.38. The number of nitrogens with zero attached hydrogens (tertiary/aromatic N) is 4. The van der Waals surface area contributed by atoms with Crippen molar-refractivity contribution in [2.45, 2.75) is 13.1 Å². The van der Waals surface area contributed by atoms with E-state index in [1.807, 2.05) is 6.92 Å². The predicted molar refractivity (Wildman–Crippen MR) is 90.1 cm³/mol. The van der Waals surface area contributed by atoms with Gasteiger partial charge >= 0.3 is 6.18 Å². The van der Waals surface area contributed by atoms with E-state index in [0.29, 0.717) is 5.75 Å². The molecule has 0 atom stereocenters. The number of rotatable bonds is 4. The van der Waals surface area contributed by atoms with Crippen LogP contribution in [0, 0.1) is 6.92 Å². The van der Waals surface area contributed by atoms with Gasteiger partial charge < -0.3 is 10.5 Å². The molecule has 0 aliphatic rings. The van der Waals surface area contributed by atoms with E-state index in [1.54, 1.807) is 36.7 Å². The first-order valence-corrected chi connectivity index (χ1v) is 7.48. The van der Waals surface area contributed by atoms with Crippen molar-refractivity contribution >= 4 is 12.2 Å². The number of hydrogen-bond donors (Lipinski definition) is 1. The Balaban J connectivity index is 1.67. The molecule has 2 N–H and O–H groups in total. The summed E-state index contributed by atoms with van der Waals surface area (Å²) in [6.45, 7) is 1.81. The largest absolute Gasteiger partial charge is 0.439 e. The number of aryl methyl sites for hydroxylation is 1. The van der Waals surface area contributed by atoms with Crippen molar-refractivity contribution in [1.29, 1.82) is 0 Å². The van der Waals surface area contributed by atoms with E-state index in [0.717, 1.165) is 23.5 Å². The third-order valence-electron chi connectivity index (χ3n) is 3.33. The molecule has 0 fully saturated rings. The number of hydrogen-bond acceptors (Lipinski definition) is 5. The molecule has 0 radical (unpaired) electrons. The minimum absolute atomic E-state index is 0.0704. The molecule has 0 aliphatic heterocycles. The zero-order chi connectivity index (χ0) is 18.7. The zero-order valence-electron chi connectivity index (χ0n) is 13.6. The van der Waals surface area contributed by atoms with Gasteiger partial charge in [0.2, 0.25) is 11.8 Å². The molecule has 2 heterocycles. The lowest BCUT2D eigenvalue weighted by molar-refractivity contribution is -0.137. The van der Waals surface area contributed by atoms with Gasteiger partial charge in [0.25, 0.3) is 0 Å². The maximum Gasteiger partial charge on any atom is 0.417 e. The van der Waals surface area contributed by atoms with Crippen molar-refractivity contribution in [2.24, 2.45) is 5.10 Å². The van der Waals surface area contributed by atoms with Gasteiger partial charge in [-0.1, -0.05) is 0 Å². The molecule has 6 nitrogen and oxygen atoms in total. The number of ether oxygens (including phenoxy) is 1. The monoisotopic (exact) mass is 361 g/mol. The van der Waals surface area contributed by atoms with Crippen LogP contribution >= 0.6 is 0 Å². The lowest BCUT2D eigenvalue weighted by Crippen LogP contribution is -2.05. The number of nitrogens with two attached hydrogens (primary N) is 1. The summed E-state index contributed by atoms with van der Waals surface area (Å²) in [5, 5.41) is 4.19. The highest BCUT2D eigenvalue weighted by Crippen LogP contribution is 2.30. The number of nitrogen functional groups attached to an aromatic ring is 1. The fourth-order valence-corrected chi connectivity index (χ4v) is 2.08. The summed E-state index contributed by atoms with van der Waals surface area (Å²) in [5.41, 5.74) is 6.40. The SMILES string of the molecule is Cc1cn(N=Cc2ccc(Oc3ccc(C(F)(F)F)cn3)cc2)c(N)n1. The molecule has 0 amide bonds. The topological polar surface area (TPSA) is 78.3 Å². The van der Waals surface area contributed by atoms with Crippen molar-refractivity contribution in [3.8, 4) is 11.6 Å². The van der Waals surface area contributed by atoms with Crippen LogP contribution in [0.2, 0.25) is 0 Å². The van der Waals surface area contributed by atoms with Crippen molar-refractivity contribution in [1.82, 2.24) is 14.6 Å². The van der Waals surface area contributed by atoms with Gasteiger partial charge in [-0.2, -0.15) is 18.3 Å². The molecule has 0 aliphatic carbocycles. The highest BCUT2D eigenvalue weighted by atomic mass is 19.4. The maximum atomic E-state index is 12.5. The molecule has 1 aromatic carbocycles. The van der Waals surface area contributed by atoms with E-state index in [2.05, 4.69) is 15.1 Å². The second kappa shape index (κ2) is 6.87. The summed E-state index contributed by atoms with van der Waals surface area (Å²) in [6.07, 6.45) is -0.408. The Morgan fingerprint density at radius 3 is 2.42 bits per heavy atom. The van der Waals surface area contributed by atoms with E-state index in [9.17, 15) is 13.2 Å². The Morgan fingerprint density at radius 2 is 1.88 bits per heavy atom. The van der Waals surface area contributed by atoms with Crippen molar-refractivity contribution in [3.63, 3.8) is 0 Å². The summed E-state index contributed by atoms with van der Waals surface area (Å²) >= 11 is 0. The number of imidazole rings is 1. The summed E-state index contributed by atoms with van der Waals surface area (Å²) in [5.74, 6) is 0.792. The second-order valence-electron chi connectivity index (χ2n) is 5.38. The fourth-order valence-electron chi connectivity index (χ4n) is 2.08. The van der Waals surface area contributed by atoms with Gasteiger partial charge in [-0.15, -0.1) is 0 Å². The molecule has 0 spiro atoms. The number of alkyl halides is 3. The van der Waals surface area contributed by atoms with Crippen LogP contribution in [0.5, 0.6) is 11.6 Å². The van der Waals surface area contributed by atoms with Crippen LogP contribution in [-0.4, -0.2) is 20.9 Å². The molecule has 3 rings (SSSR count). The average Bonchev–Trinajstić information content (AvgIpc) is 2.91. The predicted octanol–water partition coefficient (Wildman–Crippen LogP) is 3.86. The third-order valence-corrected chi connectivity index (χ3v) is 3.33. The highest BCUT2D eigenvalue weighted by Gasteiger charge is 2.30. The van der Waals surface area contributed by atoms with E-state index >= 15 is 0 Å². The molecule has 134 valence electrons. The molecule has 0 saturated carbocycles. The lowest BCUT2D eigenvalue weighted by Gasteiger charge is -2.08. The quantitative estimate of drug-likeness (QED) is 0.716. The molecule has 3 aromatic rings. The summed E-state index contributed by atoms with van der Waals surface area (Å²) in [4.78, 5) is 7.69. The van der Waals surface area contributed by atoms with Crippen molar-refractivity contribution < 1.29 is 17.9 Å². The molecule has 26 heavy (non-hydrogen) atoms. The normalized spacial score (nSPS) is 11.8. The number of halogens is 3. The molecule has 9 heteroatoms. The van der Waals surface area contributed by atoms with Crippen LogP contribution in [0.1, 0.15) is 16.8 Å². The summed E-state index contributed by atoms with van der Waals surface area (Å²) in [7, 11) is 0. The Hall–Kier alpha value is -3.36. The van der Waals surface area contributed by atoms with Gasteiger partial charge in [-0.25, -0.2) is 14.6 Å². The van der Waals surface area contributed by atoms with E-state index in [4.69, 9.17) is 10.5 Å². The van der Waals surface area contributed by atoms with Gasteiger partial charge in [0, 0.05) is 12.3 Å². The van der Waals surface area contributed by atoms with Gasteiger partial charge in [0.15, 0.2) is 0 Å². The first-order valence-electron chi connectivity index (χ1n) is 7.48. The number of benzene rings is 1. The number of aromatic nitrogens is 3.